The molecule has 21 heavy (non-hydrogen) atoms. The van der Waals surface area contributed by atoms with Crippen LogP contribution in [0, 0.1) is 0 Å². The molecule has 0 bridgehead atoms. The average molecular weight is 368 g/mol. The van der Waals surface area contributed by atoms with Crippen molar-refractivity contribution in [1.82, 2.24) is 5.32 Å². The maximum absolute atomic E-state index is 11.8. The SMILES string of the molecule is O=C(NCc1cccc(Cl)c1)C(=O)Nc1ccccc1Br. The first-order valence-electron chi connectivity index (χ1n) is 6.14. The monoisotopic (exact) mass is 366 g/mol. The van der Waals surface area contributed by atoms with Crippen molar-refractivity contribution >= 4 is 45.0 Å². The molecular weight excluding hydrogens is 356 g/mol. The minimum absolute atomic E-state index is 0.239. The third-order valence-corrected chi connectivity index (χ3v) is 3.60. The fourth-order valence-corrected chi connectivity index (χ4v) is 2.25. The van der Waals surface area contributed by atoms with Crippen molar-refractivity contribution in [3.8, 4) is 0 Å². The van der Waals surface area contributed by atoms with Gasteiger partial charge in [-0.2, -0.15) is 0 Å². The zero-order valence-electron chi connectivity index (χ0n) is 10.9. The van der Waals surface area contributed by atoms with Crippen molar-refractivity contribution < 1.29 is 9.59 Å². The lowest BCUT2D eigenvalue weighted by Crippen LogP contribution is -2.35. The minimum Gasteiger partial charge on any atom is -0.344 e. The zero-order chi connectivity index (χ0) is 15.2. The highest BCUT2D eigenvalue weighted by atomic mass is 79.9. The molecule has 0 atom stereocenters. The highest BCUT2D eigenvalue weighted by Crippen LogP contribution is 2.20. The van der Waals surface area contributed by atoms with E-state index in [1.807, 2.05) is 12.1 Å². The summed E-state index contributed by atoms with van der Waals surface area (Å²) in [5.74, 6) is -1.42. The summed E-state index contributed by atoms with van der Waals surface area (Å²) in [7, 11) is 0. The molecule has 108 valence electrons. The first-order valence-corrected chi connectivity index (χ1v) is 7.31. The Kier molecular flexibility index (Phi) is 5.36. The van der Waals surface area contributed by atoms with Crippen molar-refractivity contribution in [2.24, 2.45) is 0 Å². The minimum atomic E-state index is -0.719. The van der Waals surface area contributed by atoms with E-state index in [1.165, 1.54) is 0 Å². The number of nitrogens with one attached hydrogen (secondary N) is 2. The van der Waals surface area contributed by atoms with Crippen LogP contribution in [0.4, 0.5) is 5.69 Å². The molecule has 0 heterocycles. The lowest BCUT2D eigenvalue weighted by atomic mass is 10.2. The van der Waals surface area contributed by atoms with Gasteiger partial charge in [-0.05, 0) is 45.8 Å². The first kappa shape index (κ1) is 15.5. The predicted octanol–water partition coefficient (Wildman–Crippen LogP) is 3.36. The third-order valence-electron chi connectivity index (χ3n) is 2.67. The lowest BCUT2D eigenvalue weighted by molar-refractivity contribution is -0.136. The Morgan fingerprint density at radius 3 is 2.52 bits per heavy atom. The number of carbonyl (C=O) groups is 2. The fraction of sp³-hybridized carbons (Fsp3) is 0.0667. The Balaban J connectivity index is 1.91. The topological polar surface area (TPSA) is 58.2 Å². The van der Waals surface area contributed by atoms with Crippen LogP contribution < -0.4 is 10.6 Å². The number of benzene rings is 2. The Morgan fingerprint density at radius 1 is 1.05 bits per heavy atom. The van der Waals surface area contributed by atoms with Gasteiger partial charge in [0.2, 0.25) is 0 Å². The zero-order valence-corrected chi connectivity index (χ0v) is 13.2. The largest absolute Gasteiger partial charge is 0.344 e. The van der Waals surface area contributed by atoms with Crippen molar-refractivity contribution in [1.29, 1.82) is 0 Å². The second-order valence-corrected chi connectivity index (χ2v) is 5.54. The van der Waals surface area contributed by atoms with Crippen molar-refractivity contribution in [2.75, 3.05) is 5.32 Å². The van der Waals surface area contributed by atoms with Crippen LogP contribution in [0.5, 0.6) is 0 Å². The molecule has 2 aromatic carbocycles. The maximum atomic E-state index is 11.8. The highest BCUT2D eigenvalue weighted by Gasteiger charge is 2.14. The van der Waals surface area contributed by atoms with Gasteiger partial charge in [0.05, 0.1) is 5.69 Å². The summed E-state index contributed by atoms with van der Waals surface area (Å²) in [6.07, 6.45) is 0. The number of carbonyl (C=O) groups excluding carboxylic acids is 2. The van der Waals surface area contributed by atoms with E-state index < -0.39 is 11.8 Å². The van der Waals surface area contributed by atoms with Crippen LogP contribution in [-0.4, -0.2) is 11.8 Å². The van der Waals surface area contributed by atoms with Gasteiger partial charge in [-0.15, -0.1) is 0 Å². The molecular formula is C15H12BrClN2O2. The molecule has 0 aliphatic heterocycles. The molecule has 2 amide bonds. The van der Waals surface area contributed by atoms with Crippen LogP contribution in [0.15, 0.2) is 53.0 Å². The van der Waals surface area contributed by atoms with Gasteiger partial charge in [0.25, 0.3) is 0 Å². The Hall–Kier alpha value is -1.85. The summed E-state index contributed by atoms with van der Waals surface area (Å²) in [5.41, 5.74) is 1.37. The van der Waals surface area contributed by atoms with Crippen LogP contribution in [0.1, 0.15) is 5.56 Å². The number of anilines is 1. The molecule has 4 nitrogen and oxygen atoms in total. The molecule has 0 spiro atoms. The second kappa shape index (κ2) is 7.24. The van der Waals surface area contributed by atoms with Crippen molar-refractivity contribution in [3.05, 3.63) is 63.6 Å². The van der Waals surface area contributed by atoms with Gasteiger partial charge in [0, 0.05) is 16.0 Å². The van der Waals surface area contributed by atoms with Crippen molar-refractivity contribution in [2.45, 2.75) is 6.54 Å². The maximum Gasteiger partial charge on any atom is 0.313 e. The smallest absolute Gasteiger partial charge is 0.313 e. The molecule has 0 aromatic heterocycles. The first-order chi connectivity index (χ1) is 10.1. The van der Waals surface area contributed by atoms with Crippen LogP contribution in [0.25, 0.3) is 0 Å². The van der Waals surface area contributed by atoms with Gasteiger partial charge in [-0.3, -0.25) is 9.59 Å². The van der Waals surface area contributed by atoms with Gasteiger partial charge in [-0.1, -0.05) is 35.9 Å². The molecule has 2 N–H and O–H groups in total. The summed E-state index contributed by atoms with van der Waals surface area (Å²) in [6, 6.07) is 14.1. The van der Waals surface area contributed by atoms with E-state index in [9.17, 15) is 9.59 Å². The highest BCUT2D eigenvalue weighted by molar-refractivity contribution is 9.10. The number of hydrogen-bond acceptors (Lipinski definition) is 2. The van der Waals surface area contributed by atoms with E-state index in [-0.39, 0.29) is 6.54 Å². The fourth-order valence-electron chi connectivity index (χ4n) is 1.65. The van der Waals surface area contributed by atoms with Crippen LogP contribution in [0.3, 0.4) is 0 Å². The molecule has 0 saturated carbocycles. The standard InChI is InChI=1S/C15H12BrClN2O2/c16-12-6-1-2-7-13(12)19-15(21)14(20)18-9-10-4-3-5-11(17)8-10/h1-8H,9H2,(H,18,20)(H,19,21). The van der Waals surface area contributed by atoms with Gasteiger partial charge in [0.15, 0.2) is 0 Å². The van der Waals surface area contributed by atoms with E-state index in [0.29, 0.717) is 15.2 Å². The number of rotatable bonds is 3. The molecule has 6 heteroatoms. The quantitative estimate of drug-likeness (QED) is 0.817. The summed E-state index contributed by atoms with van der Waals surface area (Å²) < 4.78 is 0.709. The predicted molar refractivity (Wildman–Crippen MR) is 86.1 cm³/mol. The summed E-state index contributed by atoms with van der Waals surface area (Å²) >= 11 is 9.15. The normalized spacial score (nSPS) is 10.0. The van der Waals surface area contributed by atoms with Crippen LogP contribution >= 0.6 is 27.5 Å². The Morgan fingerprint density at radius 2 is 1.81 bits per heavy atom. The molecule has 0 unspecified atom stereocenters. The van der Waals surface area contributed by atoms with Crippen LogP contribution in [-0.2, 0) is 16.1 Å². The van der Waals surface area contributed by atoms with E-state index >= 15 is 0 Å². The Labute approximate surface area is 135 Å². The number of hydrogen-bond donors (Lipinski definition) is 2. The molecule has 2 aromatic rings. The number of amides is 2. The second-order valence-electron chi connectivity index (χ2n) is 4.25. The molecule has 0 radical (unpaired) electrons. The van der Waals surface area contributed by atoms with Gasteiger partial charge in [0.1, 0.15) is 0 Å². The van der Waals surface area contributed by atoms with E-state index in [4.69, 9.17) is 11.6 Å². The van der Waals surface area contributed by atoms with E-state index in [0.717, 1.165) is 5.56 Å². The molecule has 0 saturated heterocycles. The molecule has 0 fully saturated rings. The summed E-state index contributed by atoms with van der Waals surface area (Å²) in [6.45, 7) is 0.239. The number of para-hydroxylation sites is 1. The molecule has 2 rings (SSSR count). The number of halogens is 2. The Bertz CT molecular complexity index is 676. The van der Waals surface area contributed by atoms with Gasteiger partial charge in [-0.25, -0.2) is 0 Å². The van der Waals surface area contributed by atoms with E-state index in [1.54, 1.807) is 36.4 Å². The summed E-state index contributed by atoms with van der Waals surface area (Å²) in [5, 5.41) is 5.66. The van der Waals surface area contributed by atoms with Gasteiger partial charge < -0.3 is 10.6 Å². The van der Waals surface area contributed by atoms with Crippen molar-refractivity contribution in [3.63, 3.8) is 0 Å². The molecule has 0 aliphatic rings. The average Bonchev–Trinajstić information content (AvgIpc) is 2.47. The van der Waals surface area contributed by atoms with Gasteiger partial charge >= 0.3 is 11.8 Å². The van der Waals surface area contributed by atoms with Crippen LogP contribution in [0.2, 0.25) is 5.02 Å². The third kappa shape index (κ3) is 4.58. The summed E-state index contributed by atoms with van der Waals surface area (Å²) in [4.78, 5) is 23.5. The lowest BCUT2D eigenvalue weighted by Gasteiger charge is -2.08. The van der Waals surface area contributed by atoms with E-state index in [2.05, 4.69) is 26.6 Å². The molecule has 0 aliphatic carbocycles.